The fraction of sp³-hybridized carbons (Fsp3) is 0.333. The van der Waals surface area contributed by atoms with Crippen LogP contribution in [-0.4, -0.2) is 24.5 Å². The number of nitrogens with one attached hydrogen (secondary N) is 1. The van der Waals surface area contributed by atoms with Gasteiger partial charge in [0.15, 0.2) is 0 Å². The normalized spacial score (nSPS) is 11.7. The Balaban J connectivity index is 2.92. The van der Waals surface area contributed by atoms with Crippen molar-refractivity contribution in [2.45, 2.75) is 19.9 Å². The molecule has 17 heavy (non-hydrogen) atoms. The van der Waals surface area contributed by atoms with Crippen molar-refractivity contribution < 1.29 is 14.3 Å². The molecule has 0 aromatic heterocycles. The molecule has 92 valence electrons. The van der Waals surface area contributed by atoms with Crippen LogP contribution in [0.1, 0.15) is 24.2 Å². The maximum absolute atomic E-state index is 11.6. The van der Waals surface area contributed by atoms with E-state index in [-0.39, 0.29) is 12.5 Å². The molecule has 0 fully saturated rings. The predicted molar refractivity (Wildman–Crippen MR) is 64.7 cm³/mol. The van der Waals surface area contributed by atoms with Gasteiger partial charge in [-0.1, -0.05) is 12.1 Å². The fourth-order valence-electron chi connectivity index (χ4n) is 1.23. The highest BCUT2D eigenvalue weighted by atomic mass is 16.5. The van der Waals surface area contributed by atoms with Gasteiger partial charge in [-0.25, -0.2) is 4.79 Å². The second kappa shape index (κ2) is 6.00. The van der Waals surface area contributed by atoms with E-state index in [1.807, 2.05) is 0 Å². The van der Waals surface area contributed by atoms with Crippen LogP contribution in [0.4, 0.5) is 5.69 Å². The number of carbonyl (C=O) groups is 2. The highest BCUT2D eigenvalue weighted by Gasteiger charge is 2.15. The Morgan fingerprint density at radius 2 is 2.06 bits per heavy atom. The fourth-order valence-corrected chi connectivity index (χ4v) is 1.23. The highest BCUT2D eigenvalue weighted by molar-refractivity contribution is 6.02. The zero-order valence-corrected chi connectivity index (χ0v) is 9.90. The maximum atomic E-state index is 11.6. The van der Waals surface area contributed by atoms with Gasteiger partial charge in [-0.3, -0.25) is 4.79 Å². The van der Waals surface area contributed by atoms with E-state index in [4.69, 9.17) is 10.5 Å². The molecule has 1 amide bonds. The number of benzene rings is 1. The minimum absolute atomic E-state index is 0.286. The monoisotopic (exact) mass is 236 g/mol. The Kier molecular flexibility index (Phi) is 4.66. The van der Waals surface area contributed by atoms with E-state index in [1.165, 1.54) is 0 Å². The van der Waals surface area contributed by atoms with E-state index in [0.717, 1.165) is 0 Å². The van der Waals surface area contributed by atoms with Crippen LogP contribution in [0, 0.1) is 0 Å². The van der Waals surface area contributed by atoms with Gasteiger partial charge in [0, 0.05) is 0 Å². The molecular formula is C12H16N2O3. The molecule has 1 aromatic carbocycles. The van der Waals surface area contributed by atoms with Gasteiger partial charge in [-0.15, -0.1) is 0 Å². The Bertz CT molecular complexity index is 416. The van der Waals surface area contributed by atoms with Gasteiger partial charge in [-0.2, -0.15) is 0 Å². The van der Waals surface area contributed by atoms with Gasteiger partial charge < -0.3 is 15.8 Å². The van der Waals surface area contributed by atoms with E-state index in [1.54, 1.807) is 38.1 Å². The van der Waals surface area contributed by atoms with Crippen LogP contribution in [0.15, 0.2) is 24.3 Å². The summed E-state index contributed by atoms with van der Waals surface area (Å²) in [6.07, 6.45) is 0. The molecule has 1 aromatic rings. The maximum Gasteiger partial charge on any atom is 0.340 e. The number of hydrogen-bond acceptors (Lipinski definition) is 4. The number of carbonyl (C=O) groups excluding carboxylic acids is 2. The first-order valence-corrected chi connectivity index (χ1v) is 5.38. The van der Waals surface area contributed by atoms with Crippen LogP contribution in [0.5, 0.6) is 0 Å². The molecule has 1 atom stereocenters. The molecule has 0 aliphatic heterocycles. The summed E-state index contributed by atoms with van der Waals surface area (Å²) >= 11 is 0. The van der Waals surface area contributed by atoms with Crippen molar-refractivity contribution in [3.05, 3.63) is 29.8 Å². The Labute approximate surface area is 99.9 Å². The minimum atomic E-state index is -0.634. The third-order valence-corrected chi connectivity index (χ3v) is 2.09. The Hall–Kier alpha value is -1.88. The molecule has 0 radical (unpaired) electrons. The summed E-state index contributed by atoms with van der Waals surface area (Å²) in [4.78, 5) is 23.1. The SMILES string of the molecule is CCOC(=O)c1ccccc1NC(=O)[C@H](C)N. The second-order valence-corrected chi connectivity index (χ2v) is 3.54. The van der Waals surface area contributed by atoms with Gasteiger partial charge in [0.2, 0.25) is 5.91 Å². The summed E-state index contributed by atoms with van der Waals surface area (Å²) in [5.74, 6) is -0.810. The molecule has 1 rings (SSSR count). The smallest absolute Gasteiger partial charge is 0.340 e. The van der Waals surface area contributed by atoms with Crippen molar-refractivity contribution >= 4 is 17.6 Å². The lowest BCUT2D eigenvalue weighted by Crippen LogP contribution is -2.33. The van der Waals surface area contributed by atoms with Gasteiger partial charge in [-0.05, 0) is 26.0 Å². The highest BCUT2D eigenvalue weighted by Crippen LogP contribution is 2.16. The molecule has 0 saturated heterocycles. The largest absolute Gasteiger partial charge is 0.462 e. The van der Waals surface area contributed by atoms with Gasteiger partial charge in [0.1, 0.15) is 0 Å². The van der Waals surface area contributed by atoms with Crippen molar-refractivity contribution in [3.63, 3.8) is 0 Å². The van der Waals surface area contributed by atoms with Crippen LogP contribution < -0.4 is 11.1 Å². The molecule has 3 N–H and O–H groups in total. The minimum Gasteiger partial charge on any atom is -0.462 e. The van der Waals surface area contributed by atoms with Crippen molar-refractivity contribution in [3.8, 4) is 0 Å². The number of amides is 1. The van der Waals surface area contributed by atoms with Crippen LogP contribution >= 0.6 is 0 Å². The lowest BCUT2D eigenvalue weighted by atomic mass is 10.1. The first-order chi connectivity index (χ1) is 8.06. The Morgan fingerprint density at radius 3 is 2.65 bits per heavy atom. The number of esters is 1. The summed E-state index contributed by atoms with van der Waals surface area (Å²) in [6.45, 7) is 3.58. The summed E-state index contributed by atoms with van der Waals surface area (Å²) in [7, 11) is 0. The molecule has 0 saturated carbocycles. The van der Waals surface area contributed by atoms with E-state index in [2.05, 4.69) is 5.32 Å². The average molecular weight is 236 g/mol. The van der Waals surface area contributed by atoms with E-state index in [0.29, 0.717) is 11.3 Å². The lowest BCUT2D eigenvalue weighted by molar-refractivity contribution is -0.117. The summed E-state index contributed by atoms with van der Waals surface area (Å²) in [6, 6.07) is 6.01. The molecule has 0 aliphatic carbocycles. The topological polar surface area (TPSA) is 81.4 Å². The average Bonchev–Trinajstić information content (AvgIpc) is 2.29. The standard InChI is InChI=1S/C12H16N2O3/c1-3-17-12(16)9-6-4-5-7-10(9)14-11(15)8(2)13/h4-8H,3,13H2,1-2H3,(H,14,15)/t8-/m0/s1. The third kappa shape index (κ3) is 3.57. The van der Waals surface area contributed by atoms with Crippen LogP contribution in [-0.2, 0) is 9.53 Å². The molecule has 5 nitrogen and oxygen atoms in total. The number of nitrogens with two attached hydrogens (primary N) is 1. The summed E-state index contributed by atoms with van der Waals surface area (Å²) in [5.41, 5.74) is 6.17. The van der Waals surface area contributed by atoms with Crippen molar-refractivity contribution in [2.75, 3.05) is 11.9 Å². The summed E-state index contributed by atoms with van der Waals surface area (Å²) < 4.78 is 4.89. The number of para-hydroxylation sites is 1. The van der Waals surface area contributed by atoms with E-state index < -0.39 is 12.0 Å². The molecule has 0 aliphatic rings. The molecule has 0 unspecified atom stereocenters. The number of ether oxygens (including phenoxy) is 1. The molecule has 0 bridgehead atoms. The first kappa shape index (κ1) is 13.2. The number of rotatable bonds is 4. The number of anilines is 1. The molecule has 5 heteroatoms. The lowest BCUT2D eigenvalue weighted by Gasteiger charge is -2.11. The molecule has 0 spiro atoms. The van der Waals surface area contributed by atoms with Crippen molar-refractivity contribution in [1.82, 2.24) is 0 Å². The summed E-state index contributed by atoms with van der Waals surface area (Å²) in [5, 5.41) is 2.58. The number of hydrogen-bond donors (Lipinski definition) is 2. The van der Waals surface area contributed by atoms with Crippen molar-refractivity contribution in [1.29, 1.82) is 0 Å². The first-order valence-electron chi connectivity index (χ1n) is 5.38. The zero-order valence-electron chi connectivity index (χ0n) is 9.90. The van der Waals surface area contributed by atoms with Gasteiger partial charge in [0.05, 0.1) is 23.9 Å². The van der Waals surface area contributed by atoms with Crippen LogP contribution in [0.2, 0.25) is 0 Å². The van der Waals surface area contributed by atoms with E-state index in [9.17, 15) is 9.59 Å². The van der Waals surface area contributed by atoms with Crippen LogP contribution in [0.3, 0.4) is 0 Å². The van der Waals surface area contributed by atoms with Gasteiger partial charge >= 0.3 is 5.97 Å². The third-order valence-electron chi connectivity index (χ3n) is 2.09. The van der Waals surface area contributed by atoms with Crippen molar-refractivity contribution in [2.24, 2.45) is 5.73 Å². The quantitative estimate of drug-likeness (QED) is 0.768. The van der Waals surface area contributed by atoms with Gasteiger partial charge in [0.25, 0.3) is 0 Å². The molecule has 0 heterocycles. The van der Waals surface area contributed by atoms with E-state index >= 15 is 0 Å². The Morgan fingerprint density at radius 1 is 1.41 bits per heavy atom. The van der Waals surface area contributed by atoms with Crippen LogP contribution in [0.25, 0.3) is 0 Å². The predicted octanol–water partition coefficient (Wildman–Crippen LogP) is 1.15. The zero-order chi connectivity index (χ0) is 12.8. The second-order valence-electron chi connectivity index (χ2n) is 3.54. The molecular weight excluding hydrogens is 220 g/mol.